The van der Waals surface area contributed by atoms with Gasteiger partial charge in [0.05, 0.1) is 21.9 Å². The van der Waals surface area contributed by atoms with Gasteiger partial charge in [-0.05, 0) is 42.7 Å². The highest BCUT2D eigenvalue weighted by atomic mass is 32.1. The minimum absolute atomic E-state index is 0.0625. The van der Waals surface area contributed by atoms with Crippen LogP contribution in [0.1, 0.15) is 38.9 Å². The van der Waals surface area contributed by atoms with Gasteiger partial charge in [-0.25, -0.2) is 4.98 Å². The van der Waals surface area contributed by atoms with Crippen LogP contribution < -0.4 is 10.3 Å². The maximum Gasteiger partial charge on any atom is 0.297 e. The molecule has 8 nitrogen and oxygen atoms in total. The van der Waals surface area contributed by atoms with Crippen molar-refractivity contribution in [3.63, 3.8) is 0 Å². The van der Waals surface area contributed by atoms with Crippen molar-refractivity contribution < 1.29 is 14.1 Å². The van der Waals surface area contributed by atoms with E-state index in [9.17, 15) is 19.7 Å². The Kier molecular flexibility index (Phi) is 4.23. The molecule has 31 heavy (non-hydrogen) atoms. The molecule has 0 N–H and O–H groups in total. The zero-order valence-corrected chi connectivity index (χ0v) is 17.3. The van der Waals surface area contributed by atoms with Crippen molar-refractivity contribution >= 4 is 39.0 Å². The van der Waals surface area contributed by atoms with Gasteiger partial charge in [0, 0.05) is 23.7 Å². The molecule has 2 aromatic heterocycles. The van der Waals surface area contributed by atoms with Gasteiger partial charge in [0.2, 0.25) is 5.76 Å². The van der Waals surface area contributed by atoms with E-state index in [4.69, 9.17) is 4.42 Å². The fourth-order valence-electron chi connectivity index (χ4n) is 3.88. The summed E-state index contributed by atoms with van der Waals surface area (Å²) in [5.74, 6) is -0.564. The highest BCUT2D eigenvalue weighted by Gasteiger charge is 2.45. The van der Waals surface area contributed by atoms with Gasteiger partial charge in [0.15, 0.2) is 10.6 Å². The number of hydrogen-bond acceptors (Lipinski definition) is 7. The quantitative estimate of drug-likeness (QED) is 0.347. The summed E-state index contributed by atoms with van der Waals surface area (Å²) < 4.78 is 5.94. The van der Waals surface area contributed by atoms with Crippen molar-refractivity contribution in [1.82, 2.24) is 4.98 Å². The van der Waals surface area contributed by atoms with Gasteiger partial charge in [-0.1, -0.05) is 12.1 Å². The number of rotatable bonds is 3. The van der Waals surface area contributed by atoms with Crippen LogP contribution in [0.25, 0.3) is 11.0 Å². The smallest absolute Gasteiger partial charge is 0.297 e. The van der Waals surface area contributed by atoms with E-state index in [1.54, 1.807) is 29.8 Å². The van der Waals surface area contributed by atoms with Crippen LogP contribution in [-0.2, 0) is 0 Å². The molecule has 0 spiro atoms. The first-order valence-electron chi connectivity index (χ1n) is 9.42. The van der Waals surface area contributed by atoms with E-state index in [0.717, 1.165) is 11.1 Å². The predicted molar refractivity (Wildman–Crippen MR) is 116 cm³/mol. The van der Waals surface area contributed by atoms with Gasteiger partial charge in [0.25, 0.3) is 11.6 Å². The van der Waals surface area contributed by atoms with Crippen molar-refractivity contribution in [3.05, 3.63) is 96.3 Å². The van der Waals surface area contributed by atoms with Crippen LogP contribution in [0.2, 0.25) is 0 Å². The van der Waals surface area contributed by atoms with Gasteiger partial charge in [-0.3, -0.25) is 24.6 Å². The molecule has 0 radical (unpaired) electrons. The second-order valence-electron chi connectivity index (χ2n) is 7.35. The molecule has 0 unspecified atom stereocenters. The summed E-state index contributed by atoms with van der Waals surface area (Å²) in [6.07, 6.45) is 1.55. The number of hydrogen-bond donors (Lipinski definition) is 0. The average Bonchev–Trinajstić information content (AvgIpc) is 3.36. The maximum atomic E-state index is 13.6. The molecule has 0 aliphatic carbocycles. The Labute approximate surface area is 179 Å². The predicted octanol–water partition coefficient (Wildman–Crippen LogP) is 4.52. The lowest BCUT2D eigenvalue weighted by Gasteiger charge is -2.22. The summed E-state index contributed by atoms with van der Waals surface area (Å²) >= 11 is 1.23. The first kappa shape index (κ1) is 19.1. The zero-order chi connectivity index (χ0) is 21.9. The summed E-state index contributed by atoms with van der Waals surface area (Å²) in [6.45, 7) is 3.80. The monoisotopic (exact) mass is 433 g/mol. The number of nitro benzene ring substituents is 1. The van der Waals surface area contributed by atoms with Crippen LogP contribution in [0.3, 0.4) is 0 Å². The molecule has 0 saturated heterocycles. The molecule has 154 valence electrons. The third-order valence-electron chi connectivity index (χ3n) is 5.51. The SMILES string of the molecule is Cc1cc2oc3c(c(=O)c2cc1C)[C@H](c1cccc([N+](=O)[O-])c1)N(c1nccs1)C3=O. The normalized spacial score (nSPS) is 15.5. The lowest BCUT2D eigenvalue weighted by Crippen LogP contribution is -2.29. The van der Waals surface area contributed by atoms with Crippen molar-refractivity contribution in [3.8, 4) is 0 Å². The topological polar surface area (TPSA) is 107 Å². The number of anilines is 1. The van der Waals surface area contributed by atoms with Gasteiger partial charge in [-0.15, -0.1) is 11.3 Å². The Morgan fingerprint density at radius 2 is 1.94 bits per heavy atom. The highest BCUT2D eigenvalue weighted by Crippen LogP contribution is 2.42. The molecule has 1 aliphatic rings. The maximum absolute atomic E-state index is 13.6. The standard InChI is InChI=1S/C22H15N3O5S/c1-11-8-15-16(9-12(11)2)30-20-17(19(15)26)18(13-4-3-5-14(10-13)25(28)29)24(21(20)27)22-23-6-7-31-22/h3-10,18H,1-2H3/t18-/m0/s1. The second-order valence-corrected chi connectivity index (χ2v) is 8.22. The van der Waals surface area contributed by atoms with Crippen LogP contribution in [0.15, 0.2) is 57.2 Å². The number of nitrogens with zero attached hydrogens (tertiary/aromatic N) is 3. The van der Waals surface area contributed by atoms with Crippen molar-refractivity contribution in [2.24, 2.45) is 0 Å². The first-order chi connectivity index (χ1) is 14.9. The summed E-state index contributed by atoms with van der Waals surface area (Å²) in [5.41, 5.74) is 2.33. The lowest BCUT2D eigenvalue weighted by molar-refractivity contribution is -0.384. The van der Waals surface area contributed by atoms with Gasteiger partial charge in [0.1, 0.15) is 5.58 Å². The number of carbonyl (C=O) groups is 1. The summed E-state index contributed by atoms with van der Waals surface area (Å²) in [7, 11) is 0. The van der Waals surface area contributed by atoms with Crippen LogP contribution in [0.5, 0.6) is 0 Å². The molecular weight excluding hydrogens is 418 g/mol. The third kappa shape index (κ3) is 2.85. The van der Waals surface area contributed by atoms with Crippen LogP contribution in [-0.4, -0.2) is 15.8 Å². The molecule has 1 aliphatic heterocycles. The number of benzene rings is 2. The van der Waals surface area contributed by atoms with Gasteiger partial charge < -0.3 is 4.42 Å². The van der Waals surface area contributed by atoms with Crippen LogP contribution in [0, 0.1) is 24.0 Å². The number of aryl methyl sites for hydroxylation is 2. The molecule has 3 heterocycles. The number of thiazole rings is 1. The van der Waals surface area contributed by atoms with Gasteiger partial charge in [-0.2, -0.15) is 0 Å². The Morgan fingerprint density at radius 3 is 2.65 bits per heavy atom. The van der Waals surface area contributed by atoms with Crippen molar-refractivity contribution in [1.29, 1.82) is 0 Å². The molecule has 0 bridgehead atoms. The highest BCUT2D eigenvalue weighted by molar-refractivity contribution is 7.13. The largest absolute Gasteiger partial charge is 0.450 e. The summed E-state index contributed by atoms with van der Waals surface area (Å²) in [5, 5.41) is 13.8. The summed E-state index contributed by atoms with van der Waals surface area (Å²) in [4.78, 5) is 43.4. The third-order valence-corrected chi connectivity index (χ3v) is 6.28. The number of fused-ring (bicyclic) bond motifs is 2. The Morgan fingerprint density at radius 1 is 1.16 bits per heavy atom. The number of amides is 1. The molecule has 4 aromatic rings. The van der Waals surface area contributed by atoms with Crippen molar-refractivity contribution in [2.45, 2.75) is 19.9 Å². The first-order valence-corrected chi connectivity index (χ1v) is 10.3. The Balaban J connectivity index is 1.84. The van der Waals surface area contributed by atoms with Crippen LogP contribution in [0.4, 0.5) is 10.8 Å². The van der Waals surface area contributed by atoms with E-state index in [2.05, 4.69) is 4.98 Å². The second kappa shape index (κ2) is 6.85. The lowest BCUT2D eigenvalue weighted by atomic mass is 9.97. The zero-order valence-electron chi connectivity index (χ0n) is 16.5. The molecule has 2 aromatic carbocycles. The molecule has 0 fully saturated rings. The van der Waals surface area contributed by atoms with E-state index in [1.165, 1.54) is 34.4 Å². The van der Waals surface area contributed by atoms with Crippen LogP contribution >= 0.6 is 11.3 Å². The molecule has 1 atom stereocenters. The molecule has 0 saturated carbocycles. The minimum atomic E-state index is -0.879. The fourth-order valence-corrected chi connectivity index (χ4v) is 4.55. The van der Waals surface area contributed by atoms with E-state index in [1.807, 2.05) is 13.8 Å². The number of nitro groups is 1. The number of aromatic nitrogens is 1. The van der Waals surface area contributed by atoms with Crippen molar-refractivity contribution in [2.75, 3.05) is 4.90 Å². The van der Waals surface area contributed by atoms with Gasteiger partial charge >= 0.3 is 0 Å². The molecule has 5 rings (SSSR count). The molecule has 9 heteroatoms. The van der Waals surface area contributed by atoms with E-state index < -0.39 is 16.9 Å². The number of carbonyl (C=O) groups excluding carboxylic acids is 1. The number of non-ortho nitro benzene ring substituents is 1. The minimum Gasteiger partial charge on any atom is -0.450 e. The Hall–Kier alpha value is -3.85. The molecule has 1 amide bonds. The van der Waals surface area contributed by atoms with E-state index in [0.29, 0.717) is 21.7 Å². The Bertz CT molecular complexity index is 1440. The molecular formula is C22H15N3O5S. The summed E-state index contributed by atoms with van der Waals surface area (Å²) in [6, 6.07) is 8.54. The van der Waals surface area contributed by atoms with E-state index in [-0.39, 0.29) is 22.4 Å². The fraction of sp³-hybridized carbons (Fsp3) is 0.136. The average molecular weight is 433 g/mol. The van der Waals surface area contributed by atoms with E-state index >= 15 is 0 Å².